The number of hydrogen-bond donors (Lipinski definition) is 1. The van der Waals surface area contributed by atoms with Gasteiger partial charge in [0.1, 0.15) is 17.2 Å². The Morgan fingerprint density at radius 2 is 1.72 bits per heavy atom. The SMILES string of the molecule is CCCCOc1ccc(-c2cc(C(=O)NN=Cc3cc(OC)cc(OC)c3)ccn2)cc1. The van der Waals surface area contributed by atoms with Gasteiger partial charge in [0.2, 0.25) is 0 Å². The fourth-order valence-electron chi connectivity index (χ4n) is 2.92. The van der Waals surface area contributed by atoms with Crippen molar-refractivity contribution in [3.05, 3.63) is 71.9 Å². The highest BCUT2D eigenvalue weighted by molar-refractivity contribution is 5.95. The molecule has 0 atom stereocenters. The van der Waals surface area contributed by atoms with Gasteiger partial charge in [-0.15, -0.1) is 0 Å². The minimum absolute atomic E-state index is 0.334. The number of nitrogens with one attached hydrogen (secondary N) is 1. The van der Waals surface area contributed by atoms with E-state index in [9.17, 15) is 4.79 Å². The van der Waals surface area contributed by atoms with E-state index in [0.717, 1.165) is 29.7 Å². The van der Waals surface area contributed by atoms with Crippen LogP contribution in [-0.4, -0.2) is 37.9 Å². The van der Waals surface area contributed by atoms with Gasteiger partial charge in [-0.25, -0.2) is 5.43 Å². The third-order valence-electron chi connectivity index (χ3n) is 4.69. The third kappa shape index (κ3) is 6.31. The molecule has 0 bridgehead atoms. The quantitative estimate of drug-likeness (QED) is 0.284. The molecule has 0 aliphatic rings. The Morgan fingerprint density at radius 1 is 1.00 bits per heavy atom. The van der Waals surface area contributed by atoms with E-state index in [0.29, 0.717) is 29.4 Å². The second kappa shape index (κ2) is 11.5. The molecular weight excluding hydrogens is 406 g/mol. The summed E-state index contributed by atoms with van der Waals surface area (Å²) >= 11 is 0. The minimum atomic E-state index is -0.334. The average Bonchev–Trinajstić information content (AvgIpc) is 2.84. The first-order valence-corrected chi connectivity index (χ1v) is 10.4. The Kier molecular flexibility index (Phi) is 8.20. The highest BCUT2D eigenvalue weighted by Gasteiger charge is 2.08. The van der Waals surface area contributed by atoms with Crippen LogP contribution >= 0.6 is 0 Å². The molecule has 0 saturated heterocycles. The van der Waals surface area contributed by atoms with Crippen molar-refractivity contribution in [2.45, 2.75) is 19.8 Å². The van der Waals surface area contributed by atoms with Crippen molar-refractivity contribution in [1.82, 2.24) is 10.4 Å². The maximum Gasteiger partial charge on any atom is 0.271 e. The predicted molar refractivity (Wildman–Crippen MR) is 125 cm³/mol. The van der Waals surface area contributed by atoms with E-state index < -0.39 is 0 Å². The van der Waals surface area contributed by atoms with Crippen molar-refractivity contribution >= 4 is 12.1 Å². The van der Waals surface area contributed by atoms with E-state index in [2.05, 4.69) is 22.4 Å². The van der Waals surface area contributed by atoms with Crippen LogP contribution in [0.5, 0.6) is 17.2 Å². The first kappa shape index (κ1) is 22.8. The lowest BCUT2D eigenvalue weighted by Crippen LogP contribution is -2.17. The molecule has 32 heavy (non-hydrogen) atoms. The van der Waals surface area contributed by atoms with Crippen molar-refractivity contribution in [2.24, 2.45) is 5.10 Å². The smallest absolute Gasteiger partial charge is 0.271 e. The molecule has 0 fully saturated rings. The number of rotatable bonds is 10. The number of benzene rings is 2. The van der Waals surface area contributed by atoms with Gasteiger partial charge in [0.25, 0.3) is 5.91 Å². The molecular formula is C25H27N3O4. The van der Waals surface area contributed by atoms with Crippen molar-refractivity contribution < 1.29 is 19.0 Å². The Morgan fingerprint density at radius 3 is 2.38 bits per heavy atom. The predicted octanol–water partition coefficient (Wildman–Crippen LogP) is 4.71. The van der Waals surface area contributed by atoms with Gasteiger partial charge in [0, 0.05) is 29.0 Å². The van der Waals surface area contributed by atoms with Gasteiger partial charge in [-0.2, -0.15) is 5.10 Å². The van der Waals surface area contributed by atoms with Gasteiger partial charge in [0.15, 0.2) is 0 Å². The number of aromatic nitrogens is 1. The summed E-state index contributed by atoms with van der Waals surface area (Å²) in [5.41, 5.74) is 5.32. The third-order valence-corrected chi connectivity index (χ3v) is 4.69. The van der Waals surface area contributed by atoms with Crippen LogP contribution in [0.4, 0.5) is 0 Å². The normalized spacial score (nSPS) is 10.7. The molecule has 0 spiro atoms. The second-order valence-corrected chi connectivity index (χ2v) is 7.00. The van der Waals surface area contributed by atoms with Gasteiger partial charge >= 0.3 is 0 Å². The number of unbranched alkanes of at least 4 members (excludes halogenated alkanes) is 1. The van der Waals surface area contributed by atoms with Gasteiger partial charge < -0.3 is 14.2 Å². The standard InChI is InChI=1S/C25H27N3O4/c1-4-5-12-32-21-8-6-19(7-9-21)24-15-20(10-11-26-24)25(29)28-27-17-18-13-22(30-2)16-23(14-18)31-3/h6-11,13-17H,4-5,12H2,1-3H3,(H,28,29). The van der Waals surface area contributed by atoms with Gasteiger partial charge in [-0.1, -0.05) is 13.3 Å². The molecule has 7 heteroatoms. The zero-order valence-electron chi connectivity index (χ0n) is 18.5. The molecule has 1 N–H and O–H groups in total. The maximum absolute atomic E-state index is 12.5. The number of hydrogen-bond acceptors (Lipinski definition) is 6. The summed E-state index contributed by atoms with van der Waals surface area (Å²) in [5, 5.41) is 4.05. The van der Waals surface area contributed by atoms with Gasteiger partial charge in [0.05, 0.1) is 32.7 Å². The molecule has 1 aromatic heterocycles. The Balaban J connectivity index is 1.66. The van der Waals surface area contributed by atoms with E-state index in [1.54, 1.807) is 50.7 Å². The lowest BCUT2D eigenvalue weighted by Gasteiger charge is -2.07. The van der Waals surface area contributed by atoms with Crippen LogP contribution in [0.1, 0.15) is 35.7 Å². The number of ether oxygens (including phenoxy) is 3. The van der Waals surface area contributed by atoms with Gasteiger partial charge in [-0.05, 0) is 55.0 Å². The topological polar surface area (TPSA) is 82.0 Å². The number of methoxy groups -OCH3 is 2. The van der Waals surface area contributed by atoms with Crippen LogP contribution in [0.25, 0.3) is 11.3 Å². The number of amides is 1. The molecule has 0 radical (unpaired) electrons. The highest BCUT2D eigenvalue weighted by atomic mass is 16.5. The summed E-state index contributed by atoms with van der Waals surface area (Å²) in [6, 6.07) is 16.4. The molecule has 0 unspecified atom stereocenters. The van der Waals surface area contributed by atoms with Crippen LogP contribution in [-0.2, 0) is 0 Å². The van der Waals surface area contributed by atoms with E-state index in [-0.39, 0.29) is 5.91 Å². The fourth-order valence-corrected chi connectivity index (χ4v) is 2.92. The largest absolute Gasteiger partial charge is 0.497 e. The maximum atomic E-state index is 12.5. The van der Waals surface area contributed by atoms with E-state index in [1.165, 1.54) is 6.21 Å². The minimum Gasteiger partial charge on any atom is -0.497 e. The number of hydrazone groups is 1. The molecule has 2 aromatic carbocycles. The lowest BCUT2D eigenvalue weighted by molar-refractivity contribution is 0.0955. The number of carbonyl (C=O) groups is 1. The molecule has 3 aromatic rings. The number of nitrogens with zero attached hydrogens (tertiary/aromatic N) is 2. The lowest BCUT2D eigenvalue weighted by atomic mass is 10.1. The molecule has 0 aliphatic heterocycles. The Bertz CT molecular complexity index is 1040. The molecule has 3 rings (SSSR count). The van der Waals surface area contributed by atoms with Gasteiger partial charge in [-0.3, -0.25) is 9.78 Å². The summed E-state index contributed by atoms with van der Waals surface area (Å²) in [6.45, 7) is 2.83. The van der Waals surface area contributed by atoms with Crippen LogP contribution in [0.15, 0.2) is 65.9 Å². The molecule has 166 valence electrons. The Labute approximate surface area is 188 Å². The molecule has 0 saturated carbocycles. The average molecular weight is 434 g/mol. The molecule has 1 amide bonds. The molecule has 7 nitrogen and oxygen atoms in total. The van der Waals surface area contributed by atoms with E-state index in [1.807, 2.05) is 24.3 Å². The zero-order chi connectivity index (χ0) is 22.8. The summed E-state index contributed by atoms with van der Waals surface area (Å²) in [5.74, 6) is 1.76. The Hall–Kier alpha value is -3.87. The van der Waals surface area contributed by atoms with Crippen molar-refractivity contribution in [1.29, 1.82) is 0 Å². The van der Waals surface area contributed by atoms with Crippen molar-refractivity contribution in [3.8, 4) is 28.5 Å². The fraction of sp³-hybridized carbons (Fsp3) is 0.240. The van der Waals surface area contributed by atoms with Crippen LogP contribution in [0, 0.1) is 0 Å². The molecule has 1 heterocycles. The van der Waals surface area contributed by atoms with Crippen LogP contribution < -0.4 is 19.6 Å². The first-order chi connectivity index (χ1) is 15.6. The summed E-state index contributed by atoms with van der Waals surface area (Å²) in [7, 11) is 3.15. The van der Waals surface area contributed by atoms with E-state index >= 15 is 0 Å². The summed E-state index contributed by atoms with van der Waals surface area (Å²) < 4.78 is 16.2. The highest BCUT2D eigenvalue weighted by Crippen LogP contribution is 2.22. The first-order valence-electron chi connectivity index (χ1n) is 10.4. The van der Waals surface area contributed by atoms with Crippen LogP contribution in [0.3, 0.4) is 0 Å². The van der Waals surface area contributed by atoms with E-state index in [4.69, 9.17) is 14.2 Å². The van der Waals surface area contributed by atoms with Crippen LogP contribution in [0.2, 0.25) is 0 Å². The summed E-state index contributed by atoms with van der Waals surface area (Å²) in [6.07, 6.45) is 5.25. The second-order valence-electron chi connectivity index (χ2n) is 7.00. The van der Waals surface area contributed by atoms with Crippen molar-refractivity contribution in [2.75, 3.05) is 20.8 Å². The summed E-state index contributed by atoms with van der Waals surface area (Å²) in [4.78, 5) is 16.9. The number of carbonyl (C=O) groups excluding carboxylic acids is 1. The van der Waals surface area contributed by atoms with Crippen molar-refractivity contribution in [3.63, 3.8) is 0 Å². The zero-order valence-corrected chi connectivity index (χ0v) is 18.5. The number of pyridine rings is 1. The molecule has 0 aliphatic carbocycles. The monoisotopic (exact) mass is 433 g/mol.